The molecule has 1 aliphatic heterocycles. The van der Waals surface area contributed by atoms with Crippen LogP contribution in [0, 0.1) is 0 Å². The van der Waals surface area contributed by atoms with Crippen LogP contribution in [-0.2, 0) is 0 Å². The number of alkyl halides is 1. The Morgan fingerprint density at radius 2 is 1.74 bits per heavy atom. The van der Waals surface area contributed by atoms with Crippen LogP contribution in [0.25, 0.3) is 11.0 Å². The van der Waals surface area contributed by atoms with E-state index in [-0.39, 0.29) is 0 Å². The number of nitrogens with zero attached hydrogens (tertiary/aromatic N) is 5. The normalized spacial score (nSPS) is 17.0. The number of rotatable bonds is 3. The van der Waals surface area contributed by atoms with Crippen molar-refractivity contribution in [3.05, 3.63) is 24.3 Å². The van der Waals surface area contributed by atoms with Crippen molar-refractivity contribution in [3.8, 4) is 0 Å². The zero-order valence-corrected chi connectivity index (χ0v) is 11.4. The summed E-state index contributed by atoms with van der Waals surface area (Å²) >= 11 is 5.76. The van der Waals surface area contributed by atoms with Gasteiger partial charge in [0.2, 0.25) is 5.95 Å². The van der Waals surface area contributed by atoms with E-state index in [0.29, 0.717) is 5.88 Å². The van der Waals surface area contributed by atoms with Crippen LogP contribution in [0.15, 0.2) is 24.3 Å². The van der Waals surface area contributed by atoms with Gasteiger partial charge >= 0.3 is 0 Å². The minimum Gasteiger partial charge on any atom is -0.337 e. The summed E-state index contributed by atoms with van der Waals surface area (Å²) in [7, 11) is 0. The lowest BCUT2D eigenvalue weighted by Crippen LogP contribution is -2.47. The summed E-state index contributed by atoms with van der Waals surface area (Å²) in [5.74, 6) is 1.41. The number of fused-ring (bicyclic) bond motifs is 1. The second-order valence-corrected chi connectivity index (χ2v) is 5.00. The molecule has 0 aliphatic carbocycles. The molecule has 100 valence electrons. The van der Waals surface area contributed by atoms with Gasteiger partial charge in [0.15, 0.2) is 0 Å². The SMILES string of the molecule is ClCCN1CCN(c2nnc3ccccc3n2)CC1. The van der Waals surface area contributed by atoms with Gasteiger partial charge in [-0.2, -0.15) is 0 Å². The summed E-state index contributed by atoms with van der Waals surface area (Å²) in [5, 5.41) is 8.44. The fourth-order valence-corrected chi connectivity index (χ4v) is 2.54. The van der Waals surface area contributed by atoms with E-state index >= 15 is 0 Å². The van der Waals surface area contributed by atoms with Crippen molar-refractivity contribution >= 4 is 28.6 Å². The maximum absolute atomic E-state index is 5.76. The van der Waals surface area contributed by atoms with Gasteiger partial charge in [0.25, 0.3) is 0 Å². The first kappa shape index (κ1) is 12.6. The van der Waals surface area contributed by atoms with Crippen LogP contribution in [-0.4, -0.2) is 58.7 Å². The topological polar surface area (TPSA) is 45.2 Å². The van der Waals surface area contributed by atoms with Crippen LogP contribution in [0.1, 0.15) is 0 Å². The van der Waals surface area contributed by atoms with E-state index in [1.165, 1.54) is 0 Å². The minimum absolute atomic E-state index is 0.689. The molecule has 0 radical (unpaired) electrons. The van der Waals surface area contributed by atoms with Crippen LogP contribution in [0.2, 0.25) is 0 Å². The minimum atomic E-state index is 0.689. The first-order valence-corrected chi connectivity index (χ1v) is 7.03. The molecule has 0 bridgehead atoms. The number of benzene rings is 1. The van der Waals surface area contributed by atoms with Crippen molar-refractivity contribution in [3.63, 3.8) is 0 Å². The fraction of sp³-hybridized carbons (Fsp3) is 0.462. The van der Waals surface area contributed by atoms with E-state index < -0.39 is 0 Å². The second-order valence-electron chi connectivity index (χ2n) is 4.62. The van der Waals surface area contributed by atoms with Gasteiger partial charge in [-0.3, -0.25) is 4.90 Å². The highest BCUT2D eigenvalue weighted by atomic mass is 35.5. The van der Waals surface area contributed by atoms with Gasteiger partial charge in [0.05, 0.1) is 5.52 Å². The highest BCUT2D eigenvalue weighted by molar-refractivity contribution is 6.18. The van der Waals surface area contributed by atoms with Crippen molar-refractivity contribution in [2.24, 2.45) is 0 Å². The summed E-state index contributed by atoms with van der Waals surface area (Å²) < 4.78 is 0. The van der Waals surface area contributed by atoms with E-state index in [1.54, 1.807) is 0 Å². The Morgan fingerprint density at radius 1 is 1.00 bits per heavy atom. The third kappa shape index (κ3) is 2.77. The number of aromatic nitrogens is 3. The van der Waals surface area contributed by atoms with Crippen LogP contribution in [0.4, 0.5) is 5.95 Å². The Labute approximate surface area is 117 Å². The molecule has 0 atom stereocenters. The molecule has 0 amide bonds. The second kappa shape index (κ2) is 5.67. The number of piperazine rings is 1. The zero-order valence-electron chi connectivity index (χ0n) is 10.7. The van der Waals surface area contributed by atoms with Gasteiger partial charge in [-0.15, -0.1) is 21.8 Å². The predicted octanol–water partition coefficient (Wildman–Crippen LogP) is 1.39. The fourth-order valence-electron chi connectivity index (χ4n) is 2.30. The largest absolute Gasteiger partial charge is 0.337 e. The Bertz CT molecular complexity index is 553. The average Bonchev–Trinajstić information content (AvgIpc) is 2.48. The van der Waals surface area contributed by atoms with Gasteiger partial charge in [-0.25, -0.2) is 4.98 Å². The molecular weight excluding hydrogens is 262 g/mol. The standard InChI is InChI=1S/C13H16ClN5/c14-5-6-18-7-9-19(10-8-18)13-15-11-3-1-2-4-12(11)16-17-13/h1-4H,5-10H2. The predicted molar refractivity (Wildman–Crippen MR) is 76.7 cm³/mol. The molecule has 3 rings (SSSR count). The van der Waals surface area contributed by atoms with E-state index in [0.717, 1.165) is 49.7 Å². The molecule has 0 N–H and O–H groups in total. The molecule has 1 aliphatic rings. The van der Waals surface area contributed by atoms with Crippen molar-refractivity contribution < 1.29 is 0 Å². The van der Waals surface area contributed by atoms with E-state index in [9.17, 15) is 0 Å². The van der Waals surface area contributed by atoms with Gasteiger partial charge in [0, 0.05) is 38.6 Å². The van der Waals surface area contributed by atoms with E-state index in [4.69, 9.17) is 11.6 Å². The highest BCUT2D eigenvalue weighted by Crippen LogP contribution is 2.14. The molecule has 0 spiro atoms. The van der Waals surface area contributed by atoms with Crippen LogP contribution >= 0.6 is 11.6 Å². The Balaban J connectivity index is 1.74. The van der Waals surface area contributed by atoms with Gasteiger partial charge in [-0.1, -0.05) is 12.1 Å². The first-order valence-electron chi connectivity index (χ1n) is 6.49. The smallest absolute Gasteiger partial charge is 0.246 e. The van der Waals surface area contributed by atoms with Gasteiger partial charge < -0.3 is 4.90 Å². The van der Waals surface area contributed by atoms with Crippen LogP contribution < -0.4 is 4.90 Å². The molecule has 0 saturated carbocycles. The van der Waals surface area contributed by atoms with E-state index in [2.05, 4.69) is 25.0 Å². The van der Waals surface area contributed by atoms with Crippen molar-refractivity contribution in [2.45, 2.75) is 0 Å². The quantitative estimate of drug-likeness (QED) is 0.794. The maximum Gasteiger partial charge on any atom is 0.246 e. The third-order valence-corrected chi connectivity index (χ3v) is 3.57. The van der Waals surface area contributed by atoms with Crippen molar-refractivity contribution in [1.82, 2.24) is 20.1 Å². The summed E-state index contributed by atoms with van der Waals surface area (Å²) in [4.78, 5) is 9.12. The lowest BCUT2D eigenvalue weighted by atomic mass is 10.3. The number of hydrogen-bond donors (Lipinski definition) is 0. The molecule has 2 aromatic rings. The number of hydrogen-bond acceptors (Lipinski definition) is 5. The Kier molecular flexibility index (Phi) is 3.75. The van der Waals surface area contributed by atoms with Crippen LogP contribution in [0.3, 0.4) is 0 Å². The molecule has 1 aromatic carbocycles. The third-order valence-electron chi connectivity index (χ3n) is 3.41. The van der Waals surface area contributed by atoms with Crippen molar-refractivity contribution in [1.29, 1.82) is 0 Å². The molecule has 5 nitrogen and oxygen atoms in total. The van der Waals surface area contributed by atoms with Crippen LogP contribution in [0.5, 0.6) is 0 Å². The molecule has 1 saturated heterocycles. The lowest BCUT2D eigenvalue weighted by Gasteiger charge is -2.34. The number of halogens is 1. The molecule has 6 heteroatoms. The summed E-state index contributed by atoms with van der Waals surface area (Å²) in [6.45, 7) is 4.81. The van der Waals surface area contributed by atoms with Crippen molar-refractivity contribution in [2.75, 3.05) is 43.5 Å². The average molecular weight is 278 g/mol. The number of anilines is 1. The first-order chi connectivity index (χ1) is 9.36. The molecule has 19 heavy (non-hydrogen) atoms. The van der Waals surface area contributed by atoms with E-state index in [1.807, 2.05) is 24.3 Å². The lowest BCUT2D eigenvalue weighted by molar-refractivity contribution is 0.271. The summed E-state index contributed by atoms with van der Waals surface area (Å²) in [6.07, 6.45) is 0. The molecule has 1 fully saturated rings. The molecular formula is C13H16ClN5. The molecule has 2 heterocycles. The summed E-state index contributed by atoms with van der Waals surface area (Å²) in [6, 6.07) is 7.82. The maximum atomic E-state index is 5.76. The Morgan fingerprint density at radius 3 is 2.47 bits per heavy atom. The Hall–Kier alpha value is -1.46. The summed E-state index contributed by atoms with van der Waals surface area (Å²) in [5.41, 5.74) is 1.74. The van der Waals surface area contributed by atoms with Gasteiger partial charge in [-0.05, 0) is 12.1 Å². The zero-order chi connectivity index (χ0) is 13.1. The monoisotopic (exact) mass is 277 g/mol. The number of para-hydroxylation sites is 1. The molecule has 1 aromatic heterocycles. The van der Waals surface area contributed by atoms with Gasteiger partial charge in [0.1, 0.15) is 5.52 Å². The highest BCUT2D eigenvalue weighted by Gasteiger charge is 2.18. The molecule has 0 unspecified atom stereocenters.